The Morgan fingerprint density at radius 1 is 0.958 bits per heavy atom. The van der Waals surface area contributed by atoms with Crippen LogP contribution in [0.25, 0.3) is 0 Å². The quantitative estimate of drug-likeness (QED) is 0.847. The van der Waals surface area contributed by atoms with E-state index in [4.69, 9.17) is 4.74 Å². The van der Waals surface area contributed by atoms with Crippen molar-refractivity contribution >= 4 is 11.6 Å². The second-order valence-corrected chi connectivity index (χ2v) is 5.98. The first-order chi connectivity index (χ1) is 11.8. The Hall–Kier alpha value is -2.49. The van der Waals surface area contributed by atoms with E-state index in [9.17, 15) is 4.79 Å². The van der Waals surface area contributed by atoms with Crippen molar-refractivity contribution in [2.75, 3.05) is 31.1 Å². The highest BCUT2D eigenvalue weighted by Gasteiger charge is 2.27. The number of hydrogen-bond donors (Lipinski definition) is 0. The number of piperazine rings is 1. The Morgan fingerprint density at radius 2 is 1.54 bits per heavy atom. The standard InChI is InChI=1S/C20H24N2O2/c1-2-19(24-18-11-7-4-8-12-18)20(23)22-15-13-21(14-16-22)17-9-5-3-6-10-17/h3-12,19H,2,13-16H2,1H3. The molecule has 1 fully saturated rings. The maximum absolute atomic E-state index is 12.8. The molecule has 2 aromatic carbocycles. The highest BCUT2D eigenvalue weighted by atomic mass is 16.5. The normalized spacial score (nSPS) is 15.9. The van der Waals surface area contributed by atoms with Crippen molar-refractivity contribution in [1.29, 1.82) is 0 Å². The number of benzene rings is 2. The summed E-state index contributed by atoms with van der Waals surface area (Å²) in [4.78, 5) is 17.0. The van der Waals surface area contributed by atoms with E-state index in [0.29, 0.717) is 6.42 Å². The molecular weight excluding hydrogens is 300 g/mol. The molecule has 1 amide bonds. The fourth-order valence-electron chi connectivity index (χ4n) is 3.00. The van der Waals surface area contributed by atoms with Crippen molar-refractivity contribution in [3.05, 3.63) is 60.7 Å². The third-order valence-corrected chi connectivity index (χ3v) is 4.38. The van der Waals surface area contributed by atoms with E-state index in [0.717, 1.165) is 31.9 Å². The van der Waals surface area contributed by atoms with E-state index in [1.54, 1.807) is 0 Å². The molecule has 1 saturated heterocycles. The monoisotopic (exact) mass is 324 g/mol. The lowest BCUT2D eigenvalue weighted by atomic mass is 10.2. The molecule has 0 bridgehead atoms. The molecule has 0 aromatic heterocycles. The minimum absolute atomic E-state index is 0.0917. The predicted octanol–water partition coefficient (Wildman–Crippen LogP) is 3.19. The maximum atomic E-state index is 12.8. The number of hydrogen-bond acceptors (Lipinski definition) is 3. The third kappa shape index (κ3) is 3.88. The molecule has 1 atom stereocenters. The van der Waals surface area contributed by atoms with Gasteiger partial charge in [0.15, 0.2) is 6.10 Å². The van der Waals surface area contributed by atoms with Crippen LogP contribution in [0.2, 0.25) is 0 Å². The summed E-state index contributed by atoms with van der Waals surface area (Å²) in [6.07, 6.45) is 0.266. The van der Waals surface area contributed by atoms with Crippen LogP contribution in [0.1, 0.15) is 13.3 Å². The van der Waals surface area contributed by atoms with Crippen LogP contribution in [-0.2, 0) is 4.79 Å². The minimum Gasteiger partial charge on any atom is -0.481 e. The molecule has 0 saturated carbocycles. The third-order valence-electron chi connectivity index (χ3n) is 4.38. The highest BCUT2D eigenvalue weighted by molar-refractivity contribution is 5.81. The molecule has 0 spiro atoms. The first kappa shape index (κ1) is 16.4. The Kier molecular flexibility index (Phi) is 5.36. The summed E-state index contributed by atoms with van der Waals surface area (Å²) in [5, 5.41) is 0. The second-order valence-electron chi connectivity index (χ2n) is 5.98. The molecule has 0 aliphatic carbocycles. The summed E-state index contributed by atoms with van der Waals surface area (Å²) in [7, 11) is 0. The molecule has 126 valence electrons. The minimum atomic E-state index is -0.407. The molecule has 1 unspecified atom stereocenters. The zero-order chi connectivity index (χ0) is 16.8. The lowest BCUT2D eigenvalue weighted by Gasteiger charge is -2.37. The SMILES string of the molecule is CCC(Oc1ccccc1)C(=O)N1CCN(c2ccccc2)CC1. The van der Waals surface area contributed by atoms with Crippen LogP contribution in [0.5, 0.6) is 5.75 Å². The van der Waals surface area contributed by atoms with E-state index < -0.39 is 6.10 Å². The largest absolute Gasteiger partial charge is 0.481 e. The number of para-hydroxylation sites is 2. The van der Waals surface area contributed by atoms with E-state index in [-0.39, 0.29) is 5.91 Å². The van der Waals surface area contributed by atoms with Gasteiger partial charge >= 0.3 is 0 Å². The summed E-state index contributed by atoms with van der Waals surface area (Å²) < 4.78 is 5.89. The number of anilines is 1. The lowest BCUT2D eigenvalue weighted by Crippen LogP contribution is -2.52. The molecule has 1 aliphatic heterocycles. The number of ether oxygens (including phenoxy) is 1. The van der Waals surface area contributed by atoms with Crippen molar-refractivity contribution < 1.29 is 9.53 Å². The molecule has 1 aliphatic rings. The predicted molar refractivity (Wildman–Crippen MR) is 96.4 cm³/mol. The van der Waals surface area contributed by atoms with Crippen molar-refractivity contribution in [2.24, 2.45) is 0 Å². The Labute approximate surface area is 143 Å². The number of nitrogens with zero attached hydrogens (tertiary/aromatic N) is 2. The summed E-state index contributed by atoms with van der Waals surface area (Å²) >= 11 is 0. The van der Waals surface area contributed by atoms with Gasteiger partial charge in [-0.2, -0.15) is 0 Å². The molecule has 0 N–H and O–H groups in total. The second kappa shape index (κ2) is 7.86. The van der Waals surface area contributed by atoms with Crippen molar-refractivity contribution in [2.45, 2.75) is 19.4 Å². The topological polar surface area (TPSA) is 32.8 Å². The fourth-order valence-corrected chi connectivity index (χ4v) is 3.00. The number of carbonyl (C=O) groups is 1. The Balaban J connectivity index is 1.57. The van der Waals surface area contributed by atoms with Gasteiger partial charge in [0.25, 0.3) is 5.91 Å². The van der Waals surface area contributed by atoms with Gasteiger partial charge in [0.05, 0.1) is 0 Å². The van der Waals surface area contributed by atoms with Gasteiger partial charge in [-0.05, 0) is 30.7 Å². The molecular formula is C20H24N2O2. The van der Waals surface area contributed by atoms with Crippen molar-refractivity contribution in [1.82, 2.24) is 4.90 Å². The smallest absolute Gasteiger partial charge is 0.263 e. The molecule has 4 nitrogen and oxygen atoms in total. The summed E-state index contributed by atoms with van der Waals surface area (Å²) in [5.41, 5.74) is 1.22. The van der Waals surface area contributed by atoms with E-state index in [1.807, 2.05) is 60.4 Å². The van der Waals surface area contributed by atoms with Gasteiger partial charge in [0.1, 0.15) is 5.75 Å². The van der Waals surface area contributed by atoms with Crippen molar-refractivity contribution in [3.8, 4) is 5.75 Å². The van der Waals surface area contributed by atoms with Crippen LogP contribution in [0, 0.1) is 0 Å². The fraction of sp³-hybridized carbons (Fsp3) is 0.350. The van der Waals surface area contributed by atoms with Gasteiger partial charge in [0, 0.05) is 31.9 Å². The Bertz CT molecular complexity index is 637. The van der Waals surface area contributed by atoms with Gasteiger partial charge in [0.2, 0.25) is 0 Å². The lowest BCUT2D eigenvalue weighted by molar-refractivity contribution is -0.139. The molecule has 4 heteroatoms. The van der Waals surface area contributed by atoms with Crippen LogP contribution in [0.3, 0.4) is 0 Å². The number of amides is 1. The van der Waals surface area contributed by atoms with E-state index in [1.165, 1.54) is 5.69 Å². The van der Waals surface area contributed by atoms with Gasteiger partial charge in [-0.25, -0.2) is 0 Å². The summed E-state index contributed by atoms with van der Waals surface area (Å²) in [6, 6.07) is 19.9. The van der Waals surface area contributed by atoms with Crippen LogP contribution in [-0.4, -0.2) is 43.1 Å². The average Bonchev–Trinajstić information content (AvgIpc) is 2.67. The maximum Gasteiger partial charge on any atom is 0.263 e. The van der Waals surface area contributed by atoms with E-state index in [2.05, 4.69) is 17.0 Å². The van der Waals surface area contributed by atoms with Crippen molar-refractivity contribution in [3.63, 3.8) is 0 Å². The number of rotatable bonds is 5. The van der Waals surface area contributed by atoms with Gasteiger partial charge in [-0.15, -0.1) is 0 Å². The summed E-state index contributed by atoms with van der Waals surface area (Å²) in [5.74, 6) is 0.842. The highest BCUT2D eigenvalue weighted by Crippen LogP contribution is 2.18. The first-order valence-electron chi connectivity index (χ1n) is 8.58. The zero-order valence-electron chi connectivity index (χ0n) is 14.1. The van der Waals surface area contributed by atoms with Gasteiger partial charge in [-0.3, -0.25) is 4.79 Å². The van der Waals surface area contributed by atoms with E-state index >= 15 is 0 Å². The van der Waals surface area contributed by atoms with Gasteiger partial charge in [-0.1, -0.05) is 43.3 Å². The van der Waals surface area contributed by atoms with Crippen LogP contribution in [0.15, 0.2) is 60.7 Å². The summed E-state index contributed by atoms with van der Waals surface area (Å²) in [6.45, 7) is 5.19. The average molecular weight is 324 g/mol. The van der Waals surface area contributed by atoms with Crippen LogP contribution < -0.4 is 9.64 Å². The molecule has 2 aromatic rings. The molecule has 0 radical (unpaired) electrons. The zero-order valence-corrected chi connectivity index (χ0v) is 14.1. The molecule has 3 rings (SSSR count). The first-order valence-corrected chi connectivity index (χ1v) is 8.58. The number of carbonyl (C=O) groups excluding carboxylic acids is 1. The molecule has 24 heavy (non-hydrogen) atoms. The Morgan fingerprint density at radius 3 is 2.12 bits per heavy atom. The van der Waals surface area contributed by atoms with Gasteiger partial charge < -0.3 is 14.5 Å². The molecule has 1 heterocycles. The van der Waals surface area contributed by atoms with Crippen LogP contribution in [0.4, 0.5) is 5.69 Å². The van der Waals surface area contributed by atoms with Crippen LogP contribution >= 0.6 is 0 Å².